The van der Waals surface area contributed by atoms with Gasteiger partial charge in [-0.25, -0.2) is 9.59 Å². The minimum atomic E-state index is -0.272. The van der Waals surface area contributed by atoms with Crippen molar-refractivity contribution in [2.45, 2.75) is 46.6 Å². The molecule has 6 nitrogen and oxygen atoms in total. The Labute approximate surface area is 143 Å². The second-order valence-corrected chi connectivity index (χ2v) is 6.31. The number of piperidine rings is 1. The number of anilines is 1. The molecule has 2 N–H and O–H groups in total. The number of hydrogen-bond acceptors (Lipinski definition) is 3. The first-order chi connectivity index (χ1) is 11.4. The van der Waals surface area contributed by atoms with Gasteiger partial charge in [0.25, 0.3) is 0 Å². The highest BCUT2D eigenvalue weighted by Crippen LogP contribution is 2.20. The third kappa shape index (κ3) is 4.63. The van der Waals surface area contributed by atoms with Crippen molar-refractivity contribution in [1.82, 2.24) is 10.2 Å². The van der Waals surface area contributed by atoms with Gasteiger partial charge in [-0.05, 0) is 63.3 Å². The zero-order chi connectivity index (χ0) is 17.7. The third-order valence-electron chi connectivity index (χ3n) is 4.45. The maximum absolute atomic E-state index is 12.2. The number of benzene rings is 1. The monoisotopic (exact) mass is 333 g/mol. The van der Waals surface area contributed by atoms with Crippen LogP contribution in [0.3, 0.4) is 0 Å². The van der Waals surface area contributed by atoms with Crippen LogP contribution in [0.4, 0.5) is 15.3 Å². The Bertz CT molecular complexity index is 608. The van der Waals surface area contributed by atoms with Gasteiger partial charge in [-0.2, -0.15) is 0 Å². The summed E-state index contributed by atoms with van der Waals surface area (Å²) in [5.74, 6) is 0. The van der Waals surface area contributed by atoms with Gasteiger partial charge in [0, 0.05) is 24.8 Å². The van der Waals surface area contributed by atoms with Gasteiger partial charge in [-0.1, -0.05) is 6.07 Å². The first kappa shape index (κ1) is 18.1. The van der Waals surface area contributed by atoms with Gasteiger partial charge in [0.15, 0.2) is 0 Å². The SMILES string of the molecule is CCOC(=O)N1CCC(NC(=O)Nc2cc(C)c(C)cc2C)CC1. The smallest absolute Gasteiger partial charge is 0.409 e. The fourth-order valence-corrected chi connectivity index (χ4v) is 2.86. The molecule has 1 fully saturated rings. The van der Waals surface area contributed by atoms with Crippen LogP contribution in [0, 0.1) is 20.8 Å². The van der Waals surface area contributed by atoms with Crippen LogP contribution in [-0.2, 0) is 4.74 Å². The fourth-order valence-electron chi connectivity index (χ4n) is 2.86. The maximum atomic E-state index is 12.2. The molecule has 24 heavy (non-hydrogen) atoms. The summed E-state index contributed by atoms with van der Waals surface area (Å²) in [6.45, 7) is 9.46. The summed E-state index contributed by atoms with van der Waals surface area (Å²) >= 11 is 0. The van der Waals surface area contributed by atoms with Gasteiger partial charge in [0.1, 0.15) is 0 Å². The molecule has 1 saturated heterocycles. The van der Waals surface area contributed by atoms with Crippen molar-refractivity contribution in [2.24, 2.45) is 0 Å². The van der Waals surface area contributed by atoms with E-state index < -0.39 is 0 Å². The molecule has 1 aromatic carbocycles. The van der Waals surface area contributed by atoms with Gasteiger partial charge in [0.2, 0.25) is 0 Å². The molecule has 0 aliphatic carbocycles. The first-order valence-corrected chi connectivity index (χ1v) is 8.47. The quantitative estimate of drug-likeness (QED) is 0.891. The normalized spacial score (nSPS) is 15.1. The van der Waals surface area contributed by atoms with Crippen molar-refractivity contribution in [3.8, 4) is 0 Å². The molecule has 1 aliphatic rings. The number of ether oxygens (including phenoxy) is 1. The molecule has 0 unspecified atom stereocenters. The van der Waals surface area contributed by atoms with Gasteiger partial charge < -0.3 is 20.3 Å². The predicted molar refractivity (Wildman–Crippen MR) is 94.4 cm³/mol. The highest BCUT2D eigenvalue weighted by Gasteiger charge is 2.24. The predicted octanol–water partition coefficient (Wildman–Crippen LogP) is 3.35. The van der Waals surface area contributed by atoms with Crippen molar-refractivity contribution < 1.29 is 14.3 Å². The zero-order valence-electron chi connectivity index (χ0n) is 14.9. The molecule has 1 aromatic rings. The van der Waals surface area contributed by atoms with Crippen molar-refractivity contribution in [3.63, 3.8) is 0 Å². The average molecular weight is 333 g/mol. The minimum Gasteiger partial charge on any atom is -0.450 e. The standard InChI is InChI=1S/C18H27N3O3/c1-5-24-18(23)21-8-6-15(7-9-21)19-17(22)20-16-11-13(3)12(2)10-14(16)4/h10-11,15H,5-9H2,1-4H3,(H2,19,20,22). The molecule has 1 aliphatic heterocycles. The molecule has 0 saturated carbocycles. The van der Waals surface area contributed by atoms with Crippen molar-refractivity contribution in [1.29, 1.82) is 0 Å². The number of urea groups is 1. The highest BCUT2D eigenvalue weighted by atomic mass is 16.6. The largest absolute Gasteiger partial charge is 0.450 e. The van der Waals surface area contributed by atoms with E-state index in [9.17, 15) is 9.59 Å². The summed E-state index contributed by atoms with van der Waals surface area (Å²) in [4.78, 5) is 25.6. The molecule has 0 aromatic heterocycles. The number of carbonyl (C=O) groups excluding carboxylic acids is 2. The van der Waals surface area contributed by atoms with Crippen LogP contribution in [0.5, 0.6) is 0 Å². The summed E-state index contributed by atoms with van der Waals surface area (Å²) in [6.07, 6.45) is 1.20. The minimum absolute atomic E-state index is 0.0718. The van der Waals surface area contributed by atoms with Crippen molar-refractivity contribution in [3.05, 3.63) is 28.8 Å². The van der Waals surface area contributed by atoms with Crippen LogP contribution in [0.1, 0.15) is 36.5 Å². The lowest BCUT2D eigenvalue weighted by Gasteiger charge is -2.31. The van der Waals surface area contributed by atoms with Crippen molar-refractivity contribution >= 4 is 17.8 Å². The summed E-state index contributed by atoms with van der Waals surface area (Å²) < 4.78 is 5.00. The van der Waals surface area contributed by atoms with Crippen LogP contribution in [-0.4, -0.2) is 42.8 Å². The molecule has 6 heteroatoms. The Kier molecular flexibility index (Phi) is 6.06. The molecule has 3 amide bonds. The third-order valence-corrected chi connectivity index (χ3v) is 4.45. The van der Waals surface area contributed by atoms with E-state index in [4.69, 9.17) is 4.74 Å². The first-order valence-electron chi connectivity index (χ1n) is 8.47. The van der Waals surface area contributed by atoms with E-state index in [1.165, 1.54) is 5.56 Å². The number of carbonyl (C=O) groups is 2. The Balaban J connectivity index is 1.84. The van der Waals surface area contributed by atoms with Crippen LogP contribution >= 0.6 is 0 Å². The van der Waals surface area contributed by atoms with Crippen LogP contribution < -0.4 is 10.6 Å². The zero-order valence-corrected chi connectivity index (χ0v) is 14.9. The van der Waals surface area contributed by atoms with Gasteiger partial charge >= 0.3 is 12.1 Å². The Morgan fingerprint density at radius 2 is 1.75 bits per heavy atom. The second-order valence-electron chi connectivity index (χ2n) is 6.31. The number of nitrogens with one attached hydrogen (secondary N) is 2. The van der Waals surface area contributed by atoms with E-state index >= 15 is 0 Å². The van der Waals surface area contributed by atoms with E-state index in [0.29, 0.717) is 19.7 Å². The molecular weight excluding hydrogens is 306 g/mol. The molecule has 132 valence electrons. The second kappa shape index (κ2) is 8.04. The average Bonchev–Trinajstić information content (AvgIpc) is 2.53. The Morgan fingerprint density at radius 3 is 2.38 bits per heavy atom. The lowest BCUT2D eigenvalue weighted by atomic mass is 10.0. The van der Waals surface area contributed by atoms with Crippen LogP contribution in [0.25, 0.3) is 0 Å². The van der Waals surface area contributed by atoms with Gasteiger partial charge in [-0.3, -0.25) is 0 Å². The number of amides is 3. The molecule has 0 spiro atoms. The van der Waals surface area contributed by atoms with E-state index in [-0.39, 0.29) is 18.2 Å². The van der Waals surface area contributed by atoms with Crippen molar-refractivity contribution in [2.75, 3.05) is 25.0 Å². The number of rotatable bonds is 3. The van der Waals surface area contributed by atoms with E-state index in [1.807, 2.05) is 19.9 Å². The number of nitrogens with zero attached hydrogens (tertiary/aromatic N) is 1. The van der Waals surface area contributed by atoms with E-state index in [1.54, 1.807) is 11.8 Å². The van der Waals surface area contributed by atoms with E-state index in [2.05, 4.69) is 23.6 Å². The summed E-state index contributed by atoms with van der Waals surface area (Å²) in [5.41, 5.74) is 4.24. The summed E-state index contributed by atoms with van der Waals surface area (Å²) in [6, 6.07) is 3.94. The van der Waals surface area contributed by atoms with Gasteiger partial charge in [0.05, 0.1) is 6.61 Å². The number of hydrogen-bond donors (Lipinski definition) is 2. The maximum Gasteiger partial charge on any atom is 0.409 e. The van der Waals surface area contributed by atoms with Gasteiger partial charge in [-0.15, -0.1) is 0 Å². The Hall–Kier alpha value is -2.24. The molecule has 0 radical (unpaired) electrons. The summed E-state index contributed by atoms with van der Waals surface area (Å²) in [7, 11) is 0. The lowest BCUT2D eigenvalue weighted by Crippen LogP contribution is -2.47. The number of aryl methyl sites for hydroxylation is 3. The molecule has 2 rings (SSSR count). The molecule has 1 heterocycles. The van der Waals surface area contributed by atoms with E-state index in [0.717, 1.165) is 29.7 Å². The molecule has 0 atom stereocenters. The highest BCUT2D eigenvalue weighted by molar-refractivity contribution is 5.90. The number of likely N-dealkylation sites (tertiary alicyclic amines) is 1. The fraction of sp³-hybridized carbons (Fsp3) is 0.556. The van der Waals surface area contributed by atoms with Crippen LogP contribution in [0.2, 0.25) is 0 Å². The summed E-state index contributed by atoms with van der Waals surface area (Å²) in [5, 5.41) is 5.92. The van der Waals surface area contributed by atoms with Crippen LogP contribution in [0.15, 0.2) is 12.1 Å². The molecule has 0 bridgehead atoms. The topological polar surface area (TPSA) is 70.7 Å². The lowest BCUT2D eigenvalue weighted by molar-refractivity contribution is 0.0959. The Morgan fingerprint density at radius 1 is 1.12 bits per heavy atom. The molecular formula is C18H27N3O3.